The Morgan fingerprint density at radius 3 is 2.80 bits per heavy atom. The Morgan fingerprint density at radius 2 is 2.16 bits per heavy atom. The van der Waals surface area contributed by atoms with Crippen molar-refractivity contribution >= 4 is 23.8 Å². The third-order valence-electron chi connectivity index (χ3n) is 3.19. The van der Waals surface area contributed by atoms with Crippen molar-refractivity contribution in [3.63, 3.8) is 0 Å². The fraction of sp³-hybridized carbons (Fsp3) is 0.353. The van der Waals surface area contributed by atoms with Gasteiger partial charge in [0.2, 0.25) is 5.16 Å². The highest BCUT2D eigenvalue weighted by molar-refractivity contribution is 8.04. The van der Waals surface area contributed by atoms with E-state index in [0.717, 1.165) is 30.4 Å². The lowest BCUT2D eigenvalue weighted by Gasteiger charge is -2.11. The maximum atomic E-state index is 11.5. The van der Waals surface area contributed by atoms with Crippen LogP contribution in [0, 0.1) is 0 Å². The Kier molecular flexibility index (Phi) is 6.88. The molecule has 7 nitrogen and oxygen atoms in total. The minimum absolute atomic E-state index is 0.00895. The van der Waals surface area contributed by atoms with Gasteiger partial charge in [-0.05, 0) is 48.9 Å². The van der Waals surface area contributed by atoms with Gasteiger partial charge < -0.3 is 19.4 Å². The monoisotopic (exact) mass is 362 g/mol. The van der Waals surface area contributed by atoms with Gasteiger partial charge in [-0.1, -0.05) is 13.0 Å². The number of ether oxygens (including phenoxy) is 2. The van der Waals surface area contributed by atoms with Gasteiger partial charge in [-0.25, -0.2) is 4.98 Å². The molecule has 0 aliphatic rings. The summed E-state index contributed by atoms with van der Waals surface area (Å²) in [7, 11) is 1.55. The van der Waals surface area contributed by atoms with Crippen LogP contribution in [0.25, 0.3) is 6.08 Å². The maximum absolute atomic E-state index is 11.5. The van der Waals surface area contributed by atoms with E-state index in [2.05, 4.69) is 15.2 Å². The van der Waals surface area contributed by atoms with Gasteiger partial charge in [-0.15, -0.1) is 5.10 Å². The largest absolute Gasteiger partial charge is 0.544 e. The quantitative estimate of drug-likeness (QED) is 0.538. The number of H-pyrrole nitrogens is 1. The highest BCUT2D eigenvalue weighted by Gasteiger charge is 2.10. The smallest absolute Gasteiger partial charge is 0.213 e. The van der Waals surface area contributed by atoms with Crippen LogP contribution >= 0.6 is 11.8 Å². The number of aryl methyl sites for hydroxylation is 1. The average molecular weight is 362 g/mol. The zero-order valence-corrected chi connectivity index (χ0v) is 15.2. The minimum atomic E-state index is -1.29. The number of carboxylic acids is 1. The van der Waals surface area contributed by atoms with E-state index in [1.54, 1.807) is 25.3 Å². The second-order valence-electron chi connectivity index (χ2n) is 5.06. The number of nitrogens with zero attached hydrogens (tertiary/aromatic N) is 2. The summed E-state index contributed by atoms with van der Waals surface area (Å²) in [5, 5.41) is 18.6. The van der Waals surface area contributed by atoms with Gasteiger partial charge in [0.15, 0.2) is 11.5 Å². The number of hydrogen-bond donors (Lipinski definition) is 1. The lowest BCUT2D eigenvalue weighted by atomic mass is 10.2. The molecule has 1 aromatic heterocycles. The molecule has 1 heterocycles. The van der Waals surface area contributed by atoms with Gasteiger partial charge in [0.05, 0.1) is 19.7 Å². The summed E-state index contributed by atoms with van der Waals surface area (Å²) in [6.45, 7) is 4.37. The number of methoxy groups -OCH3 is 1. The lowest BCUT2D eigenvalue weighted by Crippen LogP contribution is -2.23. The van der Waals surface area contributed by atoms with Gasteiger partial charge in [0, 0.05) is 11.3 Å². The van der Waals surface area contributed by atoms with Crippen LogP contribution in [0.1, 0.15) is 31.7 Å². The van der Waals surface area contributed by atoms with Gasteiger partial charge >= 0.3 is 0 Å². The molecule has 25 heavy (non-hydrogen) atoms. The number of benzene rings is 1. The Bertz CT molecular complexity index is 758. The first-order valence-electron chi connectivity index (χ1n) is 7.90. The van der Waals surface area contributed by atoms with Crippen molar-refractivity contribution in [2.24, 2.45) is 0 Å². The maximum Gasteiger partial charge on any atom is 0.213 e. The second kappa shape index (κ2) is 9.12. The van der Waals surface area contributed by atoms with E-state index in [1.165, 1.54) is 6.08 Å². The number of aromatic amines is 1. The fourth-order valence-corrected chi connectivity index (χ4v) is 2.83. The molecule has 1 aromatic carbocycles. The highest BCUT2D eigenvalue weighted by Crippen LogP contribution is 2.31. The number of nitrogens with one attached hydrogen (secondary N) is 1. The van der Waals surface area contributed by atoms with Gasteiger partial charge in [0.25, 0.3) is 0 Å². The van der Waals surface area contributed by atoms with Gasteiger partial charge in [-0.2, -0.15) is 0 Å². The van der Waals surface area contributed by atoms with Crippen LogP contribution < -0.4 is 14.6 Å². The highest BCUT2D eigenvalue weighted by atomic mass is 32.2. The molecule has 0 atom stereocenters. The predicted molar refractivity (Wildman–Crippen MR) is 93.4 cm³/mol. The molecule has 8 heteroatoms. The number of carbonyl (C=O) groups is 1. The Labute approximate surface area is 150 Å². The van der Waals surface area contributed by atoms with Crippen molar-refractivity contribution in [2.45, 2.75) is 31.8 Å². The van der Waals surface area contributed by atoms with E-state index in [-0.39, 0.29) is 4.91 Å². The molecule has 0 fully saturated rings. The molecular weight excluding hydrogens is 342 g/mol. The van der Waals surface area contributed by atoms with Gasteiger partial charge in [0.1, 0.15) is 5.82 Å². The van der Waals surface area contributed by atoms with Crippen molar-refractivity contribution in [2.75, 3.05) is 13.7 Å². The number of rotatable bonds is 9. The second-order valence-corrected chi connectivity index (χ2v) is 6.07. The molecule has 2 aromatic rings. The molecule has 0 aliphatic heterocycles. The Morgan fingerprint density at radius 1 is 1.36 bits per heavy atom. The first kappa shape index (κ1) is 18.9. The third kappa shape index (κ3) is 5.25. The molecule has 0 saturated carbocycles. The van der Waals surface area contributed by atoms with Crippen molar-refractivity contribution in [3.8, 4) is 11.5 Å². The fourth-order valence-electron chi connectivity index (χ4n) is 2.10. The van der Waals surface area contributed by atoms with Crippen LogP contribution in [-0.2, 0) is 11.2 Å². The Balaban J connectivity index is 2.26. The summed E-state index contributed by atoms with van der Waals surface area (Å²) in [5.74, 6) is 0.566. The molecule has 0 spiro atoms. The van der Waals surface area contributed by atoms with E-state index >= 15 is 0 Å². The van der Waals surface area contributed by atoms with Crippen molar-refractivity contribution in [1.82, 2.24) is 15.2 Å². The summed E-state index contributed by atoms with van der Waals surface area (Å²) in [5.41, 5.74) is 0.653. The predicted octanol–water partition coefficient (Wildman–Crippen LogP) is 2.05. The zero-order chi connectivity index (χ0) is 18.2. The summed E-state index contributed by atoms with van der Waals surface area (Å²) in [6, 6.07) is 5.18. The summed E-state index contributed by atoms with van der Waals surface area (Å²) >= 11 is 0.941. The normalized spacial score (nSPS) is 11.4. The molecule has 0 radical (unpaired) electrons. The lowest BCUT2D eigenvalue weighted by molar-refractivity contribution is -0.297. The average Bonchev–Trinajstić information content (AvgIpc) is 3.02. The number of aliphatic carboxylic acids is 1. The summed E-state index contributed by atoms with van der Waals surface area (Å²) in [4.78, 5) is 15.7. The van der Waals surface area contributed by atoms with Crippen LogP contribution in [0.3, 0.4) is 0 Å². The van der Waals surface area contributed by atoms with Crippen molar-refractivity contribution in [1.29, 1.82) is 0 Å². The first-order chi connectivity index (χ1) is 12.1. The third-order valence-corrected chi connectivity index (χ3v) is 4.06. The SMILES string of the molecule is CCCc1nc(S/C(=C\c2ccc(OC)c(OCC)c2)C(=O)[O-])n[nH]1. The molecule has 0 unspecified atom stereocenters. The van der Waals surface area contributed by atoms with E-state index in [0.29, 0.717) is 28.8 Å². The molecule has 2 rings (SSSR count). The van der Waals surface area contributed by atoms with Crippen LogP contribution in [0.15, 0.2) is 28.3 Å². The summed E-state index contributed by atoms with van der Waals surface area (Å²) in [6.07, 6.45) is 3.18. The van der Waals surface area contributed by atoms with Crippen LogP contribution in [0.5, 0.6) is 11.5 Å². The molecule has 1 N–H and O–H groups in total. The van der Waals surface area contributed by atoms with Crippen molar-refractivity contribution < 1.29 is 19.4 Å². The number of carbonyl (C=O) groups excluding carboxylic acids is 1. The van der Waals surface area contributed by atoms with E-state index in [9.17, 15) is 9.90 Å². The standard InChI is InChI=1S/C17H21N3O4S/c1-4-6-15-18-17(20-19-15)25-14(16(21)22)10-11-7-8-12(23-3)13(9-11)24-5-2/h7-10H,4-6H2,1-3H3,(H,21,22)(H,18,19,20)/p-1/b14-10-. The molecule has 0 aliphatic carbocycles. The molecule has 0 amide bonds. The zero-order valence-electron chi connectivity index (χ0n) is 14.4. The van der Waals surface area contributed by atoms with Crippen LogP contribution in [-0.4, -0.2) is 34.9 Å². The Hall–Kier alpha value is -2.48. The van der Waals surface area contributed by atoms with Crippen LogP contribution in [0.4, 0.5) is 0 Å². The number of carboxylic acid groups (broad SMARTS) is 1. The summed E-state index contributed by atoms with van der Waals surface area (Å²) < 4.78 is 10.7. The van der Waals surface area contributed by atoms with Crippen molar-refractivity contribution in [3.05, 3.63) is 34.5 Å². The molecule has 0 bridgehead atoms. The van der Waals surface area contributed by atoms with E-state index in [1.807, 2.05) is 13.8 Å². The van der Waals surface area contributed by atoms with Gasteiger partial charge in [-0.3, -0.25) is 5.10 Å². The first-order valence-corrected chi connectivity index (χ1v) is 8.72. The molecular formula is C17H20N3O4S-. The number of hydrogen-bond acceptors (Lipinski definition) is 7. The topological polar surface area (TPSA) is 100 Å². The van der Waals surface area contributed by atoms with E-state index < -0.39 is 5.97 Å². The van der Waals surface area contributed by atoms with E-state index in [4.69, 9.17) is 9.47 Å². The number of thioether (sulfide) groups is 1. The minimum Gasteiger partial charge on any atom is -0.544 e. The number of aromatic nitrogens is 3. The molecule has 0 saturated heterocycles. The van der Waals surface area contributed by atoms with Crippen LogP contribution in [0.2, 0.25) is 0 Å². The molecule has 134 valence electrons.